The predicted octanol–water partition coefficient (Wildman–Crippen LogP) is 3.92. The average Bonchev–Trinajstić information content (AvgIpc) is 3.01. The van der Waals surface area contributed by atoms with Gasteiger partial charge in [-0.2, -0.15) is 5.10 Å². The van der Waals surface area contributed by atoms with Crippen LogP contribution in [0, 0.1) is 18.6 Å². The van der Waals surface area contributed by atoms with E-state index in [2.05, 4.69) is 15.1 Å². The topological polar surface area (TPSA) is 60.7 Å². The predicted molar refractivity (Wildman–Crippen MR) is 95.1 cm³/mol. The minimum Gasteiger partial charge on any atom is -0.293 e. The third-order valence-corrected chi connectivity index (χ3v) is 4.61. The number of ketones is 1. The zero-order valence-electron chi connectivity index (χ0n) is 14.2. The first-order valence-electron chi connectivity index (χ1n) is 7.96. The molecule has 2 aromatic heterocycles. The molecule has 0 N–H and O–H groups in total. The lowest BCUT2D eigenvalue weighted by molar-refractivity contribution is 0.101. The normalized spacial score (nSPS) is 10.9. The fourth-order valence-corrected chi connectivity index (χ4v) is 3.13. The second-order valence-electron chi connectivity index (χ2n) is 5.54. The van der Waals surface area contributed by atoms with Crippen molar-refractivity contribution in [3.8, 4) is 11.3 Å². The Morgan fingerprint density at radius 1 is 1.27 bits per heavy atom. The molecule has 0 radical (unpaired) electrons. The molecule has 0 saturated carbocycles. The highest BCUT2D eigenvalue weighted by atomic mass is 32.2. The van der Waals surface area contributed by atoms with Gasteiger partial charge in [0.1, 0.15) is 11.6 Å². The van der Waals surface area contributed by atoms with E-state index in [-0.39, 0.29) is 11.3 Å². The number of Topliss-reactive ketones (excluding diaryl/α,β-unsaturated/α-hetero) is 1. The van der Waals surface area contributed by atoms with Gasteiger partial charge in [-0.15, -0.1) is 0 Å². The summed E-state index contributed by atoms with van der Waals surface area (Å²) in [6.45, 7) is 4.65. The van der Waals surface area contributed by atoms with Crippen molar-refractivity contribution >= 4 is 17.5 Å². The van der Waals surface area contributed by atoms with Gasteiger partial charge in [-0.05, 0) is 32.0 Å². The molecule has 0 amide bonds. The van der Waals surface area contributed by atoms with E-state index in [0.717, 1.165) is 41.7 Å². The summed E-state index contributed by atoms with van der Waals surface area (Å²) in [6.07, 6.45) is 3.52. The number of carbonyl (C=O) groups is 1. The molecule has 0 fully saturated rings. The Morgan fingerprint density at radius 2 is 2.08 bits per heavy atom. The average molecular weight is 374 g/mol. The van der Waals surface area contributed by atoms with Crippen molar-refractivity contribution in [3.63, 3.8) is 0 Å². The molecule has 26 heavy (non-hydrogen) atoms. The van der Waals surface area contributed by atoms with E-state index >= 15 is 0 Å². The van der Waals surface area contributed by atoms with Crippen LogP contribution in [0.4, 0.5) is 8.78 Å². The second kappa shape index (κ2) is 7.74. The van der Waals surface area contributed by atoms with Crippen LogP contribution >= 0.6 is 11.8 Å². The highest BCUT2D eigenvalue weighted by Crippen LogP contribution is 2.23. The van der Waals surface area contributed by atoms with Crippen molar-refractivity contribution in [2.45, 2.75) is 25.5 Å². The molecule has 3 aromatic rings. The summed E-state index contributed by atoms with van der Waals surface area (Å²) in [5, 5.41) is 4.79. The third-order valence-electron chi connectivity index (χ3n) is 3.74. The van der Waals surface area contributed by atoms with Crippen molar-refractivity contribution in [1.29, 1.82) is 0 Å². The van der Waals surface area contributed by atoms with Crippen LogP contribution in [0.1, 0.15) is 23.0 Å². The van der Waals surface area contributed by atoms with E-state index in [4.69, 9.17) is 0 Å². The summed E-state index contributed by atoms with van der Waals surface area (Å²) in [5.41, 5.74) is 2.31. The molecular weight excluding hydrogens is 358 g/mol. The number of aromatic nitrogens is 4. The van der Waals surface area contributed by atoms with Crippen LogP contribution in [0.5, 0.6) is 0 Å². The van der Waals surface area contributed by atoms with E-state index < -0.39 is 17.4 Å². The van der Waals surface area contributed by atoms with Gasteiger partial charge in [0.2, 0.25) is 0 Å². The van der Waals surface area contributed by atoms with E-state index in [1.54, 1.807) is 12.3 Å². The van der Waals surface area contributed by atoms with Gasteiger partial charge in [0, 0.05) is 30.6 Å². The van der Waals surface area contributed by atoms with E-state index in [1.165, 1.54) is 0 Å². The first kappa shape index (κ1) is 18.2. The lowest BCUT2D eigenvalue weighted by Crippen LogP contribution is -2.06. The molecule has 1 aromatic carbocycles. The maximum atomic E-state index is 13.7. The highest BCUT2D eigenvalue weighted by Gasteiger charge is 2.15. The lowest BCUT2D eigenvalue weighted by Gasteiger charge is -2.04. The Morgan fingerprint density at radius 3 is 2.77 bits per heavy atom. The Labute approximate surface area is 153 Å². The molecule has 2 heterocycles. The molecule has 3 rings (SSSR count). The third kappa shape index (κ3) is 3.96. The van der Waals surface area contributed by atoms with E-state index in [9.17, 15) is 13.6 Å². The zero-order chi connectivity index (χ0) is 18.7. The minimum atomic E-state index is -0.868. The number of rotatable bonds is 6. The van der Waals surface area contributed by atoms with Crippen LogP contribution in [0.2, 0.25) is 0 Å². The molecule has 8 heteroatoms. The summed E-state index contributed by atoms with van der Waals surface area (Å²) in [6, 6.07) is 4.68. The maximum absolute atomic E-state index is 13.7. The van der Waals surface area contributed by atoms with Crippen LogP contribution in [0.15, 0.2) is 41.8 Å². The summed E-state index contributed by atoms with van der Waals surface area (Å²) < 4.78 is 28.4. The summed E-state index contributed by atoms with van der Waals surface area (Å²) in [7, 11) is 0. The van der Waals surface area contributed by atoms with Gasteiger partial charge in [-0.25, -0.2) is 18.7 Å². The molecule has 0 bridgehead atoms. The lowest BCUT2D eigenvalue weighted by atomic mass is 10.1. The van der Waals surface area contributed by atoms with Gasteiger partial charge in [0.05, 0.1) is 22.7 Å². The van der Waals surface area contributed by atoms with Crippen molar-refractivity contribution in [2.75, 3.05) is 5.75 Å². The molecule has 0 spiro atoms. The Hall–Kier alpha value is -2.61. The van der Waals surface area contributed by atoms with Crippen molar-refractivity contribution in [3.05, 3.63) is 59.6 Å². The molecule has 134 valence electrons. The SMILES string of the molecule is CCn1cc(-c2ccnc(SCC(=O)c3ccc(F)cc3F)n2)c(C)n1. The Bertz CT molecular complexity index is 958. The molecule has 0 aliphatic rings. The fraction of sp³-hybridized carbons (Fsp3) is 0.222. The quantitative estimate of drug-likeness (QED) is 0.372. The standard InChI is InChI=1S/C18H16F2N4OS/c1-3-24-9-14(11(2)23-24)16-6-7-21-18(22-16)26-10-17(25)13-5-4-12(19)8-15(13)20/h4-9H,3,10H2,1-2H3. The Balaban J connectivity index is 1.74. The van der Waals surface area contributed by atoms with Crippen LogP contribution in [0.3, 0.4) is 0 Å². The number of thioether (sulfide) groups is 1. The molecule has 0 aliphatic heterocycles. The molecule has 0 aliphatic carbocycles. The van der Waals surface area contributed by atoms with E-state index in [1.807, 2.05) is 24.7 Å². The number of carbonyl (C=O) groups excluding carboxylic acids is 1. The van der Waals surface area contributed by atoms with Crippen molar-refractivity contribution in [2.24, 2.45) is 0 Å². The molecule has 0 atom stereocenters. The van der Waals surface area contributed by atoms with Crippen molar-refractivity contribution < 1.29 is 13.6 Å². The van der Waals surface area contributed by atoms with Gasteiger partial charge in [-0.1, -0.05) is 11.8 Å². The van der Waals surface area contributed by atoms with Gasteiger partial charge in [0.25, 0.3) is 0 Å². The number of nitrogens with zero attached hydrogens (tertiary/aromatic N) is 4. The fourth-order valence-electron chi connectivity index (χ4n) is 2.42. The number of benzene rings is 1. The van der Waals surface area contributed by atoms with E-state index in [0.29, 0.717) is 16.9 Å². The van der Waals surface area contributed by atoms with Gasteiger partial charge in [0.15, 0.2) is 10.9 Å². The van der Waals surface area contributed by atoms with Gasteiger partial charge < -0.3 is 0 Å². The summed E-state index contributed by atoms with van der Waals surface area (Å²) in [4.78, 5) is 20.7. The molecule has 5 nitrogen and oxygen atoms in total. The highest BCUT2D eigenvalue weighted by molar-refractivity contribution is 7.99. The van der Waals surface area contributed by atoms with Crippen LogP contribution in [0.25, 0.3) is 11.3 Å². The second-order valence-corrected chi connectivity index (χ2v) is 6.49. The number of halogens is 2. The molecule has 0 unspecified atom stereocenters. The number of hydrogen-bond donors (Lipinski definition) is 0. The smallest absolute Gasteiger partial charge is 0.188 e. The Kier molecular flexibility index (Phi) is 5.41. The van der Waals surface area contributed by atoms with Crippen LogP contribution in [-0.2, 0) is 6.54 Å². The first-order valence-corrected chi connectivity index (χ1v) is 8.95. The largest absolute Gasteiger partial charge is 0.293 e. The first-order chi connectivity index (χ1) is 12.5. The monoisotopic (exact) mass is 374 g/mol. The number of aryl methyl sites for hydroxylation is 2. The van der Waals surface area contributed by atoms with Gasteiger partial charge in [-0.3, -0.25) is 9.48 Å². The molecule has 0 saturated heterocycles. The summed E-state index contributed by atoms with van der Waals surface area (Å²) >= 11 is 1.10. The van der Waals surface area contributed by atoms with Crippen LogP contribution in [-0.4, -0.2) is 31.3 Å². The number of hydrogen-bond acceptors (Lipinski definition) is 5. The van der Waals surface area contributed by atoms with Crippen LogP contribution < -0.4 is 0 Å². The zero-order valence-corrected chi connectivity index (χ0v) is 15.1. The van der Waals surface area contributed by atoms with Crippen molar-refractivity contribution in [1.82, 2.24) is 19.7 Å². The molecular formula is C18H16F2N4OS. The van der Waals surface area contributed by atoms with Gasteiger partial charge >= 0.3 is 0 Å². The summed E-state index contributed by atoms with van der Waals surface area (Å²) in [5.74, 6) is -2.07. The minimum absolute atomic E-state index is 0.0425. The maximum Gasteiger partial charge on any atom is 0.188 e.